The first-order valence-corrected chi connectivity index (χ1v) is 6.29. The van der Waals surface area contributed by atoms with Gasteiger partial charge < -0.3 is 10.1 Å². The van der Waals surface area contributed by atoms with Crippen molar-refractivity contribution in [3.05, 3.63) is 59.1 Å². The zero-order valence-corrected chi connectivity index (χ0v) is 11.0. The van der Waals surface area contributed by atoms with Gasteiger partial charge in [-0.05, 0) is 30.3 Å². The Bertz CT molecular complexity index is 578. The van der Waals surface area contributed by atoms with Gasteiger partial charge in [-0.25, -0.2) is 0 Å². The van der Waals surface area contributed by atoms with Gasteiger partial charge in [0.25, 0.3) is 0 Å². The van der Waals surface area contributed by atoms with Gasteiger partial charge in [-0.15, -0.1) is 0 Å². The second kappa shape index (κ2) is 6.67. The van der Waals surface area contributed by atoms with Crippen LogP contribution in [0.2, 0.25) is 5.02 Å². The molecule has 0 atom stereocenters. The van der Waals surface area contributed by atoms with Crippen molar-refractivity contribution in [3.63, 3.8) is 0 Å². The number of benzene rings is 2. The first-order chi connectivity index (χ1) is 9.29. The lowest BCUT2D eigenvalue weighted by Gasteiger charge is -2.10. The van der Waals surface area contributed by atoms with E-state index in [4.69, 9.17) is 21.6 Å². The van der Waals surface area contributed by atoms with Crippen LogP contribution in [0.3, 0.4) is 0 Å². The van der Waals surface area contributed by atoms with Gasteiger partial charge in [-0.1, -0.05) is 29.8 Å². The second-order valence-electron chi connectivity index (χ2n) is 3.89. The highest BCUT2D eigenvalue weighted by atomic mass is 35.5. The van der Waals surface area contributed by atoms with E-state index in [0.717, 1.165) is 11.4 Å². The average Bonchev–Trinajstić information content (AvgIpc) is 2.46. The summed E-state index contributed by atoms with van der Waals surface area (Å²) < 4.78 is 5.55. The normalized spacial score (nSPS) is 9.68. The van der Waals surface area contributed by atoms with Crippen LogP contribution < -0.4 is 10.1 Å². The van der Waals surface area contributed by atoms with Gasteiger partial charge >= 0.3 is 0 Å². The number of halogens is 1. The van der Waals surface area contributed by atoms with Gasteiger partial charge in [-0.2, -0.15) is 5.26 Å². The van der Waals surface area contributed by atoms with Crippen LogP contribution in [0, 0.1) is 11.3 Å². The van der Waals surface area contributed by atoms with E-state index in [1.54, 1.807) is 18.2 Å². The van der Waals surface area contributed by atoms with Crippen molar-refractivity contribution in [3.8, 4) is 11.8 Å². The van der Waals surface area contributed by atoms with Gasteiger partial charge in [0.1, 0.15) is 12.4 Å². The molecule has 0 aliphatic heterocycles. The average molecular weight is 273 g/mol. The molecule has 0 bridgehead atoms. The third-order valence-corrected chi connectivity index (χ3v) is 2.85. The Morgan fingerprint density at radius 1 is 1.16 bits per heavy atom. The summed E-state index contributed by atoms with van der Waals surface area (Å²) in [7, 11) is 0. The number of hydrogen-bond acceptors (Lipinski definition) is 3. The zero-order valence-electron chi connectivity index (χ0n) is 10.3. The van der Waals surface area contributed by atoms with E-state index in [0.29, 0.717) is 23.7 Å². The largest absolute Gasteiger partial charge is 0.492 e. The number of nitrogens with one attached hydrogen (secondary N) is 1. The Kier molecular flexibility index (Phi) is 4.66. The molecular formula is C15H13ClN2O. The van der Waals surface area contributed by atoms with Gasteiger partial charge in [0.05, 0.1) is 22.3 Å². The Labute approximate surface area is 117 Å². The maximum Gasteiger partial charge on any atom is 0.119 e. The highest BCUT2D eigenvalue weighted by molar-refractivity contribution is 6.33. The molecule has 0 aliphatic rings. The van der Waals surface area contributed by atoms with E-state index in [2.05, 4.69) is 11.4 Å². The molecule has 2 rings (SSSR count). The Balaban J connectivity index is 1.85. The highest BCUT2D eigenvalue weighted by Crippen LogP contribution is 2.22. The Morgan fingerprint density at radius 2 is 1.95 bits per heavy atom. The van der Waals surface area contributed by atoms with Crippen LogP contribution in [-0.2, 0) is 0 Å². The van der Waals surface area contributed by atoms with E-state index in [1.807, 2.05) is 30.3 Å². The van der Waals surface area contributed by atoms with E-state index in [-0.39, 0.29) is 0 Å². The molecule has 0 aromatic heterocycles. The fraction of sp³-hybridized carbons (Fsp3) is 0.133. The third kappa shape index (κ3) is 3.90. The lowest BCUT2D eigenvalue weighted by molar-refractivity contribution is 0.333. The van der Waals surface area contributed by atoms with Crippen molar-refractivity contribution in [2.24, 2.45) is 0 Å². The van der Waals surface area contributed by atoms with Crippen molar-refractivity contribution >= 4 is 17.3 Å². The molecule has 0 fully saturated rings. The number of nitriles is 1. The molecule has 19 heavy (non-hydrogen) atoms. The zero-order chi connectivity index (χ0) is 13.5. The summed E-state index contributed by atoms with van der Waals surface area (Å²) in [5, 5.41) is 12.6. The van der Waals surface area contributed by atoms with Crippen LogP contribution in [0.15, 0.2) is 48.5 Å². The van der Waals surface area contributed by atoms with Crippen molar-refractivity contribution < 1.29 is 4.74 Å². The minimum absolute atomic E-state index is 0.525. The van der Waals surface area contributed by atoms with Gasteiger partial charge in [0.15, 0.2) is 0 Å². The van der Waals surface area contributed by atoms with Gasteiger partial charge in [0, 0.05) is 6.54 Å². The molecule has 2 aromatic carbocycles. The van der Waals surface area contributed by atoms with E-state index < -0.39 is 0 Å². The van der Waals surface area contributed by atoms with Crippen LogP contribution in [0.4, 0.5) is 5.69 Å². The van der Waals surface area contributed by atoms with E-state index >= 15 is 0 Å². The number of nitrogens with zero attached hydrogens (tertiary/aromatic N) is 1. The summed E-state index contributed by atoms with van der Waals surface area (Å²) in [5.41, 5.74) is 1.33. The highest BCUT2D eigenvalue weighted by Gasteiger charge is 2.01. The fourth-order valence-corrected chi connectivity index (χ4v) is 1.79. The van der Waals surface area contributed by atoms with Crippen LogP contribution >= 0.6 is 11.6 Å². The molecule has 0 saturated heterocycles. The summed E-state index contributed by atoms with van der Waals surface area (Å²) in [4.78, 5) is 0. The number of rotatable bonds is 5. The summed E-state index contributed by atoms with van der Waals surface area (Å²) in [6.07, 6.45) is 0. The third-order valence-electron chi connectivity index (χ3n) is 2.52. The molecule has 2 aromatic rings. The molecule has 1 N–H and O–H groups in total. The maximum atomic E-state index is 8.83. The predicted octanol–water partition coefficient (Wildman–Crippen LogP) is 3.70. The molecule has 96 valence electrons. The van der Waals surface area contributed by atoms with Crippen molar-refractivity contribution in [2.75, 3.05) is 18.5 Å². The predicted molar refractivity (Wildman–Crippen MR) is 76.6 cm³/mol. The quantitative estimate of drug-likeness (QED) is 0.844. The maximum absolute atomic E-state index is 8.83. The minimum atomic E-state index is 0.525. The molecule has 0 aliphatic carbocycles. The number of para-hydroxylation sites is 1. The number of anilines is 1. The topological polar surface area (TPSA) is 45.0 Å². The minimum Gasteiger partial charge on any atom is -0.492 e. The summed E-state index contributed by atoms with van der Waals surface area (Å²) in [6.45, 7) is 1.14. The van der Waals surface area contributed by atoms with E-state index in [9.17, 15) is 0 Å². The Morgan fingerprint density at radius 3 is 2.68 bits per heavy atom. The van der Waals surface area contributed by atoms with Crippen molar-refractivity contribution in [1.29, 1.82) is 5.26 Å². The number of hydrogen-bond donors (Lipinski definition) is 1. The molecule has 0 spiro atoms. The molecule has 3 nitrogen and oxygen atoms in total. The molecule has 0 heterocycles. The smallest absolute Gasteiger partial charge is 0.119 e. The molecule has 0 amide bonds. The molecule has 0 radical (unpaired) electrons. The fourth-order valence-electron chi connectivity index (χ4n) is 1.60. The SMILES string of the molecule is N#Cc1ccc(Cl)c(NCCOc2ccccc2)c1. The monoisotopic (exact) mass is 272 g/mol. The van der Waals surface area contributed by atoms with Crippen LogP contribution in [0.5, 0.6) is 5.75 Å². The van der Waals surface area contributed by atoms with Crippen LogP contribution in [0.1, 0.15) is 5.56 Å². The van der Waals surface area contributed by atoms with Crippen LogP contribution in [-0.4, -0.2) is 13.2 Å². The molecule has 4 heteroatoms. The summed E-state index contributed by atoms with van der Waals surface area (Å²) in [6, 6.07) is 16.8. The Hall–Kier alpha value is -2.18. The second-order valence-corrected chi connectivity index (χ2v) is 4.30. The van der Waals surface area contributed by atoms with E-state index in [1.165, 1.54) is 0 Å². The van der Waals surface area contributed by atoms with Crippen LogP contribution in [0.25, 0.3) is 0 Å². The first kappa shape index (κ1) is 13.3. The van der Waals surface area contributed by atoms with Crippen molar-refractivity contribution in [1.82, 2.24) is 0 Å². The van der Waals surface area contributed by atoms with Crippen molar-refractivity contribution in [2.45, 2.75) is 0 Å². The number of ether oxygens (including phenoxy) is 1. The molecule has 0 unspecified atom stereocenters. The van der Waals surface area contributed by atoms with Gasteiger partial charge in [-0.3, -0.25) is 0 Å². The lowest BCUT2D eigenvalue weighted by atomic mass is 10.2. The summed E-state index contributed by atoms with van der Waals surface area (Å²) in [5.74, 6) is 0.834. The first-order valence-electron chi connectivity index (χ1n) is 5.91. The molecular weight excluding hydrogens is 260 g/mol. The molecule has 0 saturated carbocycles. The van der Waals surface area contributed by atoms with Gasteiger partial charge in [0.2, 0.25) is 0 Å². The lowest BCUT2D eigenvalue weighted by Crippen LogP contribution is -2.11. The summed E-state index contributed by atoms with van der Waals surface area (Å²) >= 11 is 6.04. The standard InChI is InChI=1S/C15H13ClN2O/c16-14-7-6-12(11-17)10-15(14)18-8-9-19-13-4-2-1-3-5-13/h1-7,10,18H,8-9H2.